The maximum Gasteiger partial charge on any atom is 0.341 e. The molecule has 0 aromatic heterocycles. The highest BCUT2D eigenvalue weighted by molar-refractivity contribution is 5.97. The predicted octanol–water partition coefficient (Wildman–Crippen LogP) is 2.39. The molecule has 0 unspecified atom stereocenters. The molecule has 0 bridgehead atoms. The zero-order chi connectivity index (χ0) is 14.5. The number of methoxy groups -OCH3 is 1. The minimum atomic E-state index is -0.416. The average Bonchev–Trinajstić information content (AvgIpc) is 2.47. The Labute approximate surface area is 118 Å². The van der Waals surface area contributed by atoms with Crippen molar-refractivity contribution in [1.82, 2.24) is 0 Å². The van der Waals surface area contributed by atoms with Crippen molar-refractivity contribution in [3.63, 3.8) is 0 Å². The quantitative estimate of drug-likeness (QED) is 0.793. The molecule has 1 fully saturated rings. The summed E-state index contributed by atoms with van der Waals surface area (Å²) in [6, 6.07) is 5.13. The van der Waals surface area contributed by atoms with E-state index in [0.29, 0.717) is 30.9 Å². The zero-order valence-corrected chi connectivity index (χ0v) is 11.8. The summed E-state index contributed by atoms with van der Waals surface area (Å²) < 4.78 is 10.2. The molecule has 1 aromatic rings. The minimum absolute atomic E-state index is 0.113. The molecule has 1 aromatic carbocycles. The van der Waals surface area contributed by atoms with Crippen LogP contribution in [-0.4, -0.2) is 32.1 Å². The first-order chi connectivity index (χ1) is 9.67. The van der Waals surface area contributed by atoms with Crippen LogP contribution in [0.5, 0.6) is 5.75 Å². The molecule has 0 spiro atoms. The number of anilines is 1. The van der Waals surface area contributed by atoms with E-state index >= 15 is 0 Å². The minimum Gasteiger partial charge on any atom is -0.496 e. The van der Waals surface area contributed by atoms with Gasteiger partial charge in [0.15, 0.2) is 0 Å². The number of benzene rings is 1. The lowest BCUT2D eigenvalue weighted by molar-refractivity contribution is -0.119. The van der Waals surface area contributed by atoms with Gasteiger partial charge in [-0.2, -0.15) is 0 Å². The van der Waals surface area contributed by atoms with Gasteiger partial charge in [-0.05, 0) is 31.9 Å². The summed E-state index contributed by atoms with van der Waals surface area (Å²) in [6.45, 7) is 2.78. The van der Waals surface area contributed by atoms with Crippen molar-refractivity contribution in [3.8, 4) is 5.75 Å². The number of hydrogen-bond donors (Lipinski definition) is 0. The first kappa shape index (κ1) is 14.4. The molecule has 0 saturated carbocycles. The van der Waals surface area contributed by atoms with E-state index in [1.807, 2.05) is 0 Å². The van der Waals surface area contributed by atoms with Gasteiger partial charge in [0.05, 0.1) is 13.7 Å². The van der Waals surface area contributed by atoms with Crippen LogP contribution in [-0.2, 0) is 9.53 Å². The third-order valence-electron chi connectivity index (χ3n) is 3.32. The Balaban J connectivity index is 2.29. The van der Waals surface area contributed by atoms with Crippen molar-refractivity contribution >= 4 is 17.6 Å². The summed E-state index contributed by atoms with van der Waals surface area (Å²) in [6.07, 6.45) is 2.50. The Morgan fingerprint density at radius 1 is 1.35 bits per heavy atom. The SMILES string of the molecule is CCOC(=O)c1ccc(N2CCCCC2=O)cc1OC. The molecule has 0 N–H and O–H groups in total. The number of piperidine rings is 1. The molecule has 0 atom stereocenters. The maximum absolute atomic E-state index is 11.9. The van der Waals surface area contributed by atoms with Crippen molar-refractivity contribution in [3.05, 3.63) is 23.8 Å². The standard InChI is InChI=1S/C15H19NO4/c1-3-20-15(18)12-8-7-11(10-13(12)19-2)16-9-5-4-6-14(16)17/h7-8,10H,3-6,9H2,1-2H3. The number of carbonyl (C=O) groups excluding carboxylic acids is 2. The van der Waals surface area contributed by atoms with Gasteiger partial charge in [0.1, 0.15) is 11.3 Å². The van der Waals surface area contributed by atoms with E-state index in [1.165, 1.54) is 7.11 Å². The molecular weight excluding hydrogens is 258 g/mol. The molecule has 5 heteroatoms. The summed E-state index contributed by atoms with van der Waals surface area (Å²) in [5.74, 6) is 0.127. The van der Waals surface area contributed by atoms with Crippen LogP contribution in [0.3, 0.4) is 0 Å². The van der Waals surface area contributed by atoms with E-state index in [0.717, 1.165) is 18.5 Å². The summed E-state index contributed by atoms with van der Waals surface area (Å²) in [5, 5.41) is 0. The first-order valence-corrected chi connectivity index (χ1v) is 6.83. The molecule has 0 radical (unpaired) electrons. The monoisotopic (exact) mass is 277 g/mol. The molecular formula is C15H19NO4. The third kappa shape index (κ3) is 2.92. The number of amides is 1. The molecule has 2 rings (SSSR count). The van der Waals surface area contributed by atoms with Crippen LogP contribution in [0.1, 0.15) is 36.5 Å². The number of nitrogens with zero attached hydrogens (tertiary/aromatic N) is 1. The van der Waals surface area contributed by atoms with Crippen molar-refractivity contribution in [1.29, 1.82) is 0 Å². The summed E-state index contributed by atoms with van der Waals surface area (Å²) in [7, 11) is 1.50. The molecule has 0 aliphatic carbocycles. The number of ether oxygens (including phenoxy) is 2. The normalized spacial score (nSPS) is 15.1. The lowest BCUT2D eigenvalue weighted by atomic mass is 10.1. The topological polar surface area (TPSA) is 55.8 Å². The molecule has 1 heterocycles. The van der Waals surface area contributed by atoms with Crippen molar-refractivity contribution in [2.24, 2.45) is 0 Å². The van der Waals surface area contributed by atoms with Crippen LogP contribution in [0.25, 0.3) is 0 Å². The van der Waals surface area contributed by atoms with Gasteiger partial charge in [0.25, 0.3) is 0 Å². The lowest BCUT2D eigenvalue weighted by Crippen LogP contribution is -2.35. The highest BCUT2D eigenvalue weighted by Crippen LogP contribution is 2.28. The van der Waals surface area contributed by atoms with Crippen LogP contribution in [0.4, 0.5) is 5.69 Å². The van der Waals surface area contributed by atoms with Gasteiger partial charge in [0.2, 0.25) is 5.91 Å². The van der Waals surface area contributed by atoms with Crippen LogP contribution in [0, 0.1) is 0 Å². The van der Waals surface area contributed by atoms with E-state index in [2.05, 4.69) is 0 Å². The van der Waals surface area contributed by atoms with E-state index in [4.69, 9.17) is 9.47 Å². The Morgan fingerprint density at radius 2 is 2.15 bits per heavy atom. The average molecular weight is 277 g/mol. The largest absolute Gasteiger partial charge is 0.496 e. The van der Waals surface area contributed by atoms with Crippen LogP contribution in [0.2, 0.25) is 0 Å². The van der Waals surface area contributed by atoms with Gasteiger partial charge in [-0.1, -0.05) is 0 Å². The fourth-order valence-electron chi connectivity index (χ4n) is 2.30. The van der Waals surface area contributed by atoms with Crippen LogP contribution >= 0.6 is 0 Å². The van der Waals surface area contributed by atoms with Gasteiger partial charge >= 0.3 is 5.97 Å². The van der Waals surface area contributed by atoms with E-state index in [9.17, 15) is 9.59 Å². The lowest BCUT2D eigenvalue weighted by Gasteiger charge is -2.27. The summed E-state index contributed by atoms with van der Waals surface area (Å²) in [5.41, 5.74) is 1.14. The smallest absolute Gasteiger partial charge is 0.341 e. The van der Waals surface area contributed by atoms with Gasteiger partial charge in [-0.3, -0.25) is 4.79 Å². The van der Waals surface area contributed by atoms with Gasteiger partial charge in [0, 0.05) is 24.7 Å². The van der Waals surface area contributed by atoms with Gasteiger partial charge < -0.3 is 14.4 Å². The molecule has 1 aliphatic heterocycles. The second kappa shape index (κ2) is 6.41. The first-order valence-electron chi connectivity index (χ1n) is 6.83. The van der Waals surface area contributed by atoms with Crippen LogP contribution < -0.4 is 9.64 Å². The number of hydrogen-bond acceptors (Lipinski definition) is 4. The van der Waals surface area contributed by atoms with E-state index in [1.54, 1.807) is 30.0 Å². The van der Waals surface area contributed by atoms with Crippen LogP contribution in [0.15, 0.2) is 18.2 Å². The fraction of sp³-hybridized carbons (Fsp3) is 0.467. The van der Waals surface area contributed by atoms with Crippen molar-refractivity contribution in [2.45, 2.75) is 26.2 Å². The Kier molecular flexibility index (Phi) is 4.61. The Hall–Kier alpha value is -2.04. The highest BCUT2D eigenvalue weighted by atomic mass is 16.5. The van der Waals surface area contributed by atoms with Crippen molar-refractivity contribution < 1.29 is 19.1 Å². The third-order valence-corrected chi connectivity index (χ3v) is 3.32. The van der Waals surface area contributed by atoms with Gasteiger partial charge in [-0.25, -0.2) is 4.79 Å². The number of rotatable bonds is 4. The second-order valence-electron chi connectivity index (χ2n) is 4.61. The van der Waals surface area contributed by atoms with E-state index < -0.39 is 5.97 Å². The molecule has 1 saturated heterocycles. The summed E-state index contributed by atoms with van der Waals surface area (Å²) in [4.78, 5) is 25.4. The van der Waals surface area contributed by atoms with Gasteiger partial charge in [-0.15, -0.1) is 0 Å². The molecule has 108 valence electrons. The highest BCUT2D eigenvalue weighted by Gasteiger charge is 2.22. The molecule has 20 heavy (non-hydrogen) atoms. The molecule has 1 amide bonds. The van der Waals surface area contributed by atoms with Crippen molar-refractivity contribution in [2.75, 3.05) is 25.2 Å². The summed E-state index contributed by atoms with van der Waals surface area (Å²) >= 11 is 0. The predicted molar refractivity (Wildman–Crippen MR) is 75.2 cm³/mol. The van der Waals surface area contributed by atoms with E-state index in [-0.39, 0.29) is 5.91 Å². The number of carbonyl (C=O) groups is 2. The Bertz CT molecular complexity index is 513. The number of esters is 1. The maximum atomic E-state index is 11.9. The molecule has 1 aliphatic rings. The fourth-order valence-corrected chi connectivity index (χ4v) is 2.30. The second-order valence-corrected chi connectivity index (χ2v) is 4.61. The molecule has 5 nitrogen and oxygen atoms in total. The Morgan fingerprint density at radius 3 is 2.80 bits per heavy atom. The zero-order valence-electron chi connectivity index (χ0n) is 11.8.